The average molecular weight is 813 g/mol. The highest BCUT2D eigenvalue weighted by Crippen LogP contribution is 2.47. The van der Waals surface area contributed by atoms with E-state index >= 15 is 0 Å². The Morgan fingerprint density at radius 2 is 0.705 bits per heavy atom. The zero-order valence-corrected chi connectivity index (χ0v) is 33.3. The number of carboxylic acid groups (broad SMARTS) is 1. The van der Waals surface area contributed by atoms with Crippen molar-refractivity contribution in [2.45, 2.75) is 49.1 Å². The second kappa shape index (κ2) is 17.2. The van der Waals surface area contributed by atoms with Crippen LogP contribution in [0.3, 0.4) is 0 Å². The van der Waals surface area contributed by atoms with Gasteiger partial charge >= 0.3 is 24.1 Å². The molecule has 0 spiro atoms. The predicted molar refractivity (Wildman–Crippen MR) is 230 cm³/mol. The Balaban J connectivity index is 0.855. The van der Waals surface area contributed by atoms with Crippen molar-refractivity contribution in [1.82, 2.24) is 10.6 Å². The van der Waals surface area contributed by atoms with Gasteiger partial charge in [0.05, 0.1) is 0 Å². The molecule has 0 heterocycles. The number of esters is 1. The van der Waals surface area contributed by atoms with Crippen LogP contribution < -0.4 is 10.6 Å². The van der Waals surface area contributed by atoms with Crippen LogP contribution in [0.1, 0.15) is 70.4 Å². The van der Waals surface area contributed by atoms with Gasteiger partial charge in [0.1, 0.15) is 31.9 Å². The van der Waals surface area contributed by atoms with Crippen molar-refractivity contribution in [3.8, 4) is 33.4 Å². The molecule has 61 heavy (non-hydrogen) atoms. The number of hydrogen-bond donors (Lipinski definition) is 3. The van der Waals surface area contributed by atoms with Crippen molar-refractivity contribution in [3.63, 3.8) is 0 Å². The molecule has 6 aromatic carbocycles. The van der Waals surface area contributed by atoms with E-state index in [1.54, 1.807) is 0 Å². The summed E-state index contributed by atoms with van der Waals surface area (Å²) >= 11 is 0. The SMILES string of the molecule is O=C(N[C@H](CCC[C@@H](NC(=O)OCC1c2ccccc2-c2ccccc21)C(=O)OCC1c2ccccc2-c2ccccc21)C(=O)O)OCC1c2ccccc2-c2ccccc21. The smallest absolute Gasteiger partial charge is 0.407 e. The summed E-state index contributed by atoms with van der Waals surface area (Å²) in [6.45, 7) is 0.110. The van der Waals surface area contributed by atoms with Crippen LogP contribution in [0.5, 0.6) is 0 Å². The van der Waals surface area contributed by atoms with Crippen molar-refractivity contribution in [2.75, 3.05) is 19.8 Å². The third-order valence-corrected chi connectivity index (χ3v) is 12.2. The van der Waals surface area contributed by atoms with E-state index in [1.807, 2.05) is 146 Å². The van der Waals surface area contributed by atoms with E-state index < -0.39 is 36.2 Å². The minimum atomic E-state index is -1.31. The molecular weight excluding hydrogens is 769 g/mol. The molecule has 3 N–H and O–H groups in total. The lowest BCUT2D eigenvalue weighted by Crippen LogP contribution is -2.44. The number of carbonyl (C=O) groups excluding carboxylic acids is 3. The summed E-state index contributed by atoms with van der Waals surface area (Å²) < 4.78 is 17.4. The topological polar surface area (TPSA) is 140 Å². The van der Waals surface area contributed by atoms with Gasteiger partial charge in [0.2, 0.25) is 0 Å². The van der Waals surface area contributed by atoms with Gasteiger partial charge < -0.3 is 30.0 Å². The van der Waals surface area contributed by atoms with Crippen LogP contribution in [0, 0.1) is 0 Å². The van der Waals surface area contributed by atoms with Gasteiger partial charge in [-0.2, -0.15) is 0 Å². The van der Waals surface area contributed by atoms with Crippen molar-refractivity contribution >= 4 is 24.1 Å². The number of hydrogen-bond acceptors (Lipinski definition) is 7. The van der Waals surface area contributed by atoms with E-state index in [0.29, 0.717) is 0 Å². The maximum absolute atomic E-state index is 13.9. The van der Waals surface area contributed by atoms with Gasteiger partial charge in [-0.05, 0) is 86.0 Å². The minimum absolute atomic E-state index is 0.0248. The van der Waals surface area contributed by atoms with Gasteiger partial charge in [0.25, 0.3) is 0 Å². The predicted octanol–water partition coefficient (Wildman–Crippen LogP) is 9.41. The molecule has 3 aliphatic rings. The molecule has 3 aliphatic carbocycles. The second-order valence-corrected chi connectivity index (χ2v) is 15.7. The number of carbonyl (C=O) groups is 4. The molecule has 0 bridgehead atoms. The van der Waals surface area contributed by atoms with E-state index in [-0.39, 0.29) is 56.8 Å². The monoisotopic (exact) mass is 812 g/mol. The van der Waals surface area contributed by atoms with Crippen LogP contribution >= 0.6 is 0 Å². The van der Waals surface area contributed by atoms with Gasteiger partial charge in [-0.3, -0.25) is 0 Å². The van der Waals surface area contributed by atoms with Gasteiger partial charge in [0.15, 0.2) is 0 Å². The summed E-state index contributed by atoms with van der Waals surface area (Å²) in [6.07, 6.45) is -1.54. The lowest BCUT2D eigenvalue weighted by molar-refractivity contribution is -0.146. The molecular formula is C51H44N2O8. The molecule has 2 atom stereocenters. The minimum Gasteiger partial charge on any atom is -0.480 e. The van der Waals surface area contributed by atoms with Gasteiger partial charge in [-0.15, -0.1) is 0 Å². The second-order valence-electron chi connectivity index (χ2n) is 15.7. The molecule has 9 rings (SSSR count). The first-order chi connectivity index (χ1) is 29.9. The Bertz CT molecular complexity index is 2500. The molecule has 0 aliphatic heterocycles. The molecule has 0 saturated heterocycles. The number of benzene rings is 6. The number of ether oxygens (including phenoxy) is 3. The standard InChI is InChI=1S/C51H44N2O8/c54-48(55)46(52-50(57)60-29-44-39-22-9-3-16-33(39)34-17-4-10-23-40(34)44)26-13-27-47(49(56)59-28-43-37-20-7-1-14-31(37)32-15-2-8-21-38(32)43)53-51(58)61-30-45-41-24-11-5-18-35(41)36-19-6-12-25-42(36)45/h1-12,14-25,43-47H,13,26-30H2,(H,52,57)(H,53,58)(H,54,55)/t46-,47-/m1/s1. The van der Waals surface area contributed by atoms with E-state index in [4.69, 9.17) is 14.2 Å². The largest absolute Gasteiger partial charge is 0.480 e. The highest BCUT2D eigenvalue weighted by atomic mass is 16.6. The first-order valence-electron chi connectivity index (χ1n) is 20.7. The number of carboxylic acids is 1. The summed E-state index contributed by atoms with van der Waals surface area (Å²) in [5.41, 5.74) is 12.7. The van der Waals surface area contributed by atoms with Crippen molar-refractivity contribution < 1.29 is 38.5 Å². The lowest BCUT2D eigenvalue weighted by Gasteiger charge is -2.22. The summed E-state index contributed by atoms with van der Waals surface area (Å²) in [5.74, 6) is -2.51. The van der Waals surface area contributed by atoms with Crippen LogP contribution in [-0.4, -0.2) is 61.1 Å². The van der Waals surface area contributed by atoms with Crippen molar-refractivity contribution in [3.05, 3.63) is 179 Å². The van der Waals surface area contributed by atoms with Crippen molar-refractivity contribution in [1.29, 1.82) is 0 Å². The third-order valence-electron chi connectivity index (χ3n) is 12.2. The highest BCUT2D eigenvalue weighted by molar-refractivity contribution is 5.84. The lowest BCUT2D eigenvalue weighted by atomic mass is 9.98. The Kier molecular flexibility index (Phi) is 11.1. The number of fused-ring (bicyclic) bond motifs is 9. The zero-order chi connectivity index (χ0) is 41.9. The molecule has 2 amide bonds. The molecule has 0 aromatic heterocycles. The Hall–Kier alpha value is -7.20. The Morgan fingerprint density at radius 3 is 1.03 bits per heavy atom. The summed E-state index contributed by atoms with van der Waals surface area (Å²) in [4.78, 5) is 52.9. The zero-order valence-electron chi connectivity index (χ0n) is 33.3. The fraction of sp³-hybridized carbons (Fsp3) is 0.216. The molecule has 0 radical (unpaired) electrons. The van der Waals surface area contributed by atoms with Crippen LogP contribution in [0.15, 0.2) is 146 Å². The first kappa shape index (κ1) is 39.3. The fourth-order valence-electron chi connectivity index (χ4n) is 9.30. The van der Waals surface area contributed by atoms with E-state index in [1.165, 1.54) is 0 Å². The van der Waals surface area contributed by atoms with Gasteiger partial charge in [0, 0.05) is 17.8 Å². The maximum atomic E-state index is 13.9. The van der Waals surface area contributed by atoms with E-state index in [9.17, 15) is 24.3 Å². The maximum Gasteiger partial charge on any atom is 0.407 e. The number of aliphatic carboxylic acids is 1. The molecule has 0 saturated carbocycles. The summed E-state index contributed by atoms with van der Waals surface area (Å²) in [5, 5.41) is 15.3. The van der Waals surface area contributed by atoms with Crippen LogP contribution in [0.4, 0.5) is 9.59 Å². The van der Waals surface area contributed by atoms with E-state index in [0.717, 1.165) is 66.8 Å². The first-order valence-corrected chi connectivity index (χ1v) is 20.7. The summed E-state index contributed by atoms with van der Waals surface area (Å²) in [7, 11) is 0. The van der Waals surface area contributed by atoms with Gasteiger partial charge in [-0.1, -0.05) is 146 Å². The molecule has 10 heteroatoms. The van der Waals surface area contributed by atoms with Crippen LogP contribution in [0.25, 0.3) is 33.4 Å². The quantitative estimate of drug-likeness (QED) is 0.0731. The number of rotatable bonds is 14. The van der Waals surface area contributed by atoms with Crippen LogP contribution in [-0.2, 0) is 23.8 Å². The van der Waals surface area contributed by atoms with Gasteiger partial charge in [-0.25, -0.2) is 19.2 Å². The number of nitrogens with one attached hydrogen (secondary N) is 2. The van der Waals surface area contributed by atoms with E-state index in [2.05, 4.69) is 10.6 Å². The Morgan fingerprint density at radius 1 is 0.426 bits per heavy atom. The van der Waals surface area contributed by atoms with Crippen LogP contribution in [0.2, 0.25) is 0 Å². The molecule has 306 valence electrons. The molecule has 10 nitrogen and oxygen atoms in total. The fourth-order valence-corrected chi connectivity index (χ4v) is 9.30. The average Bonchev–Trinajstić information content (AvgIpc) is 3.91. The van der Waals surface area contributed by atoms with Crippen molar-refractivity contribution in [2.24, 2.45) is 0 Å². The molecule has 0 unspecified atom stereocenters. The molecule has 0 fully saturated rings. The third kappa shape index (κ3) is 7.84. The summed E-state index contributed by atoms with van der Waals surface area (Å²) in [6, 6.07) is 45.4. The number of alkyl carbamates (subject to hydrolysis) is 2. The Labute approximate surface area is 353 Å². The normalized spacial score (nSPS) is 14.3. The number of amides is 2. The highest BCUT2D eigenvalue weighted by Gasteiger charge is 2.34. The molecule has 6 aromatic rings.